The van der Waals surface area contributed by atoms with Crippen molar-refractivity contribution < 1.29 is 29.3 Å². The summed E-state index contributed by atoms with van der Waals surface area (Å²) in [6.45, 7) is -0.0157. The molecule has 8 nitrogen and oxygen atoms in total. The van der Waals surface area contributed by atoms with Gasteiger partial charge < -0.3 is 25.0 Å². The van der Waals surface area contributed by atoms with E-state index in [0.29, 0.717) is 17.9 Å². The molecule has 1 aromatic heterocycles. The van der Waals surface area contributed by atoms with Gasteiger partial charge in [-0.2, -0.15) is 0 Å². The van der Waals surface area contributed by atoms with Crippen molar-refractivity contribution in [1.29, 1.82) is 0 Å². The number of aliphatic hydroxyl groups excluding tert-OH is 1. The van der Waals surface area contributed by atoms with Gasteiger partial charge in [0.05, 0.1) is 35.5 Å². The summed E-state index contributed by atoms with van der Waals surface area (Å²) >= 11 is 3.34. The van der Waals surface area contributed by atoms with E-state index < -0.39 is 12.3 Å². The number of thioether (sulfide) groups is 1. The van der Waals surface area contributed by atoms with E-state index >= 15 is 0 Å². The van der Waals surface area contributed by atoms with Crippen LogP contribution < -0.4 is 5.32 Å². The van der Waals surface area contributed by atoms with Crippen molar-refractivity contribution in [3.8, 4) is 0 Å². The van der Waals surface area contributed by atoms with Gasteiger partial charge in [0.15, 0.2) is 10.6 Å². The molecule has 1 aliphatic heterocycles. The minimum atomic E-state index is -1.01. The molecule has 1 aliphatic rings. The van der Waals surface area contributed by atoms with E-state index in [9.17, 15) is 14.7 Å². The number of hydrogen-bond acceptors (Lipinski definition) is 8. The zero-order valence-corrected chi connectivity index (χ0v) is 22.6. The number of thiazole rings is 1. The topological polar surface area (TPSA) is 118 Å². The molecule has 0 saturated carbocycles. The number of amides is 1. The van der Waals surface area contributed by atoms with Crippen LogP contribution in [0.25, 0.3) is 10.2 Å². The van der Waals surface area contributed by atoms with Crippen LogP contribution in [0.5, 0.6) is 0 Å². The summed E-state index contributed by atoms with van der Waals surface area (Å²) in [5, 5.41) is 20.9. The lowest BCUT2D eigenvalue weighted by atomic mass is 10.0. The number of nitrogens with one attached hydrogen (secondary N) is 1. The van der Waals surface area contributed by atoms with Gasteiger partial charge in [0, 0.05) is 29.8 Å². The molecule has 0 aliphatic carbocycles. The van der Waals surface area contributed by atoms with Crippen LogP contribution in [0, 0.1) is 0 Å². The lowest BCUT2D eigenvalue weighted by molar-refractivity contribution is -0.245. The van der Waals surface area contributed by atoms with Gasteiger partial charge in [-0.25, -0.2) is 4.98 Å². The summed E-state index contributed by atoms with van der Waals surface area (Å²) in [5.41, 5.74) is 4.23. The van der Waals surface area contributed by atoms with Gasteiger partial charge in [0.2, 0.25) is 5.91 Å². The van der Waals surface area contributed by atoms with Gasteiger partial charge in [-0.3, -0.25) is 9.59 Å². The average Bonchev–Trinajstić information content (AvgIpc) is 3.38. The number of anilines is 1. The number of nitrogens with zero attached hydrogens (tertiary/aromatic N) is 1. The molecule has 0 radical (unpaired) electrons. The number of benzene rings is 3. The molecule has 0 spiro atoms. The third kappa shape index (κ3) is 7.23. The van der Waals surface area contributed by atoms with Crippen molar-refractivity contribution in [2.45, 2.75) is 48.7 Å². The number of para-hydroxylation sites is 1. The fourth-order valence-electron chi connectivity index (χ4n) is 4.27. The molecule has 39 heavy (non-hydrogen) atoms. The molecule has 3 atom stereocenters. The Morgan fingerprint density at radius 3 is 2.44 bits per heavy atom. The monoisotopic (exact) mass is 564 g/mol. The summed E-state index contributed by atoms with van der Waals surface area (Å²) in [5.74, 6) is -0.653. The first-order valence-corrected chi connectivity index (χ1v) is 14.4. The average molecular weight is 565 g/mol. The quantitative estimate of drug-likeness (QED) is 0.203. The first kappa shape index (κ1) is 27.3. The summed E-state index contributed by atoms with van der Waals surface area (Å²) in [6.07, 6.45) is -0.544. The number of carboxylic acids is 1. The van der Waals surface area contributed by atoms with E-state index in [4.69, 9.17) is 19.6 Å². The van der Waals surface area contributed by atoms with E-state index in [-0.39, 0.29) is 37.6 Å². The van der Waals surface area contributed by atoms with Crippen LogP contribution >= 0.6 is 23.1 Å². The Kier molecular flexibility index (Phi) is 8.90. The third-order valence-corrected chi connectivity index (χ3v) is 8.63. The van der Waals surface area contributed by atoms with Gasteiger partial charge in [-0.05, 0) is 35.4 Å². The first-order chi connectivity index (χ1) is 19.0. The molecular weight excluding hydrogens is 536 g/mol. The summed E-state index contributed by atoms with van der Waals surface area (Å²) in [7, 11) is 0. The maximum absolute atomic E-state index is 12.0. The molecule has 2 heterocycles. The number of carboxylic acid groups (broad SMARTS) is 1. The van der Waals surface area contributed by atoms with E-state index in [1.807, 2.05) is 54.6 Å². The number of fused-ring (bicyclic) bond motifs is 1. The smallest absolute Gasteiger partial charge is 0.303 e. The highest BCUT2D eigenvalue weighted by Gasteiger charge is 2.32. The zero-order valence-electron chi connectivity index (χ0n) is 21.0. The molecule has 3 N–H and O–H groups in total. The van der Waals surface area contributed by atoms with Crippen molar-refractivity contribution >= 4 is 50.9 Å². The van der Waals surface area contributed by atoms with Crippen LogP contribution in [0.15, 0.2) is 77.1 Å². The second-order valence-corrected chi connectivity index (χ2v) is 11.5. The predicted octanol–water partition coefficient (Wildman–Crippen LogP) is 5.93. The lowest BCUT2D eigenvalue weighted by Crippen LogP contribution is -2.31. The number of aliphatic hydroxyl groups is 1. The molecule has 1 fully saturated rings. The van der Waals surface area contributed by atoms with E-state index in [1.165, 1.54) is 0 Å². The molecule has 5 rings (SSSR count). The molecule has 202 valence electrons. The van der Waals surface area contributed by atoms with Gasteiger partial charge >= 0.3 is 5.97 Å². The summed E-state index contributed by atoms with van der Waals surface area (Å²) in [6, 6.07) is 23.0. The number of ether oxygens (including phenoxy) is 2. The normalized spacial score (nSPS) is 19.2. The van der Waals surface area contributed by atoms with E-state index in [2.05, 4.69) is 11.4 Å². The Morgan fingerprint density at radius 1 is 0.974 bits per heavy atom. The number of rotatable bonds is 10. The second kappa shape index (κ2) is 12.7. The van der Waals surface area contributed by atoms with Crippen LogP contribution in [0.4, 0.5) is 5.69 Å². The van der Waals surface area contributed by atoms with Gasteiger partial charge in [-0.15, -0.1) is 11.3 Å². The Morgan fingerprint density at radius 2 is 1.72 bits per heavy atom. The predicted molar refractivity (Wildman–Crippen MR) is 151 cm³/mol. The Bertz CT molecular complexity index is 1390. The maximum atomic E-state index is 12.0. The van der Waals surface area contributed by atoms with Crippen molar-refractivity contribution in [2.24, 2.45) is 0 Å². The minimum Gasteiger partial charge on any atom is -0.481 e. The zero-order chi connectivity index (χ0) is 27.2. The minimum absolute atomic E-state index is 0.0157. The molecule has 10 heteroatoms. The molecule has 1 saturated heterocycles. The fraction of sp³-hybridized carbons (Fsp3) is 0.276. The second-order valence-electron chi connectivity index (χ2n) is 9.17. The highest BCUT2D eigenvalue weighted by Crippen LogP contribution is 2.40. The van der Waals surface area contributed by atoms with Crippen LogP contribution in [-0.2, 0) is 25.7 Å². The van der Waals surface area contributed by atoms with Crippen molar-refractivity contribution in [2.75, 3.05) is 11.1 Å². The molecule has 1 amide bonds. The third-order valence-electron chi connectivity index (χ3n) is 6.31. The van der Waals surface area contributed by atoms with Crippen LogP contribution in [0.3, 0.4) is 0 Å². The number of aliphatic carboxylic acids is 1. The molecule has 3 aromatic carbocycles. The van der Waals surface area contributed by atoms with Crippen LogP contribution in [0.2, 0.25) is 0 Å². The SMILES string of the molecule is O=C(O)CCC(=O)Nc1ccc([C@@H]2O[C@H](CSc3nc4ccccc4s3)C[C@H](c3ccc(CO)cc3)O2)cc1. The first-order valence-electron chi connectivity index (χ1n) is 12.6. The van der Waals surface area contributed by atoms with Crippen molar-refractivity contribution in [3.05, 3.63) is 89.5 Å². The summed E-state index contributed by atoms with van der Waals surface area (Å²) in [4.78, 5) is 27.4. The summed E-state index contributed by atoms with van der Waals surface area (Å²) < 4.78 is 14.9. The number of carbonyl (C=O) groups is 2. The Labute approximate surface area is 234 Å². The standard InChI is InChI=1S/C29H28N2O6S2/c32-16-18-5-7-19(8-6-18)24-15-22(17-38-29-31-23-3-1-2-4-25(23)39-29)36-28(37-24)20-9-11-21(12-10-20)30-26(33)13-14-27(34)35/h1-12,22,24,28,32H,13-17H2,(H,30,33)(H,34,35)/t22-,24+,28+/m0/s1. The Balaban J connectivity index is 1.29. The number of hydrogen-bond donors (Lipinski definition) is 3. The maximum Gasteiger partial charge on any atom is 0.303 e. The molecule has 0 unspecified atom stereocenters. The van der Waals surface area contributed by atoms with Crippen LogP contribution in [-0.4, -0.2) is 38.9 Å². The van der Waals surface area contributed by atoms with E-state index in [0.717, 1.165) is 31.2 Å². The van der Waals surface area contributed by atoms with Crippen molar-refractivity contribution in [3.63, 3.8) is 0 Å². The molecule has 0 bridgehead atoms. The van der Waals surface area contributed by atoms with Gasteiger partial charge in [0.25, 0.3) is 0 Å². The van der Waals surface area contributed by atoms with Crippen molar-refractivity contribution in [1.82, 2.24) is 4.98 Å². The molecular formula is C29H28N2O6S2. The van der Waals surface area contributed by atoms with E-state index in [1.54, 1.807) is 35.2 Å². The highest BCUT2D eigenvalue weighted by molar-refractivity contribution is 8.01. The lowest BCUT2D eigenvalue weighted by Gasteiger charge is -2.36. The van der Waals surface area contributed by atoms with Crippen LogP contribution in [0.1, 0.15) is 48.3 Å². The Hall–Kier alpha value is -3.28. The highest BCUT2D eigenvalue weighted by atomic mass is 32.2. The number of aromatic nitrogens is 1. The number of carbonyl (C=O) groups excluding carboxylic acids is 1. The van der Waals surface area contributed by atoms with Gasteiger partial charge in [-0.1, -0.05) is 60.3 Å². The molecule has 4 aromatic rings. The van der Waals surface area contributed by atoms with Gasteiger partial charge in [0.1, 0.15) is 0 Å². The fourth-order valence-corrected chi connectivity index (χ4v) is 6.38. The largest absolute Gasteiger partial charge is 0.481 e.